The zero-order valence-corrected chi connectivity index (χ0v) is 11.4. The molecule has 0 amide bonds. The molecule has 3 heterocycles. The molecule has 0 saturated carbocycles. The van der Waals surface area contributed by atoms with Crippen LogP contribution in [0.3, 0.4) is 0 Å². The molecule has 2 N–H and O–H groups in total. The fourth-order valence-electron chi connectivity index (χ4n) is 2.57. The van der Waals surface area contributed by atoms with Crippen LogP contribution < -0.4 is 4.98 Å². The maximum absolute atomic E-state index is 6.03. The van der Waals surface area contributed by atoms with Crippen molar-refractivity contribution in [3.8, 4) is 5.82 Å². The van der Waals surface area contributed by atoms with Gasteiger partial charge in [0.25, 0.3) is 0 Å². The highest BCUT2D eigenvalue weighted by Gasteiger charge is 2.18. The Morgan fingerprint density at radius 3 is 3.00 bits per heavy atom. The maximum Gasteiger partial charge on any atom is 0.306 e. The van der Waals surface area contributed by atoms with E-state index in [-0.39, 0.29) is 5.28 Å². The van der Waals surface area contributed by atoms with Crippen LogP contribution >= 0.6 is 11.6 Å². The number of rotatable bonds is 1. The summed E-state index contributed by atoms with van der Waals surface area (Å²) in [6, 6.07) is 10.3. The summed E-state index contributed by atoms with van der Waals surface area (Å²) in [5.74, 6) is 0.750. The van der Waals surface area contributed by atoms with Gasteiger partial charge < -0.3 is 0 Å². The van der Waals surface area contributed by atoms with Gasteiger partial charge in [-0.05, 0) is 30.7 Å². The molecule has 98 valence electrons. The van der Waals surface area contributed by atoms with E-state index >= 15 is 0 Å². The molecule has 0 bridgehead atoms. The molecule has 0 aliphatic carbocycles. The number of aromatic nitrogens is 5. The molecule has 6 heteroatoms. The zero-order chi connectivity index (χ0) is 13.7. The van der Waals surface area contributed by atoms with Crippen LogP contribution in [0.1, 0.15) is 5.69 Å². The molecule has 0 radical (unpaired) electrons. The average molecular weight is 285 g/mol. The third-order valence-corrected chi connectivity index (χ3v) is 3.56. The van der Waals surface area contributed by atoms with Crippen molar-refractivity contribution in [2.45, 2.75) is 6.92 Å². The number of hydrogen-bond acceptors (Lipinski definition) is 2. The monoisotopic (exact) mass is 284 g/mol. The third kappa shape index (κ3) is 1.53. The van der Waals surface area contributed by atoms with E-state index in [1.807, 2.05) is 12.1 Å². The lowest BCUT2D eigenvalue weighted by atomic mass is 10.2. The highest BCUT2D eigenvalue weighted by Crippen LogP contribution is 2.26. The minimum absolute atomic E-state index is 0.223. The summed E-state index contributed by atoms with van der Waals surface area (Å²) in [4.78, 5) is 14.7. The van der Waals surface area contributed by atoms with E-state index in [9.17, 15) is 0 Å². The lowest BCUT2D eigenvalue weighted by Crippen LogP contribution is -2.05. The number of H-pyrrole nitrogens is 2. The molecule has 0 aliphatic rings. The predicted octanol–water partition coefficient (Wildman–Crippen LogP) is 2.68. The van der Waals surface area contributed by atoms with E-state index in [0.717, 1.165) is 22.5 Å². The average Bonchev–Trinajstić information content (AvgIpc) is 3.00. The molecule has 0 atom stereocenters. The van der Waals surface area contributed by atoms with Crippen LogP contribution in [0.2, 0.25) is 5.28 Å². The zero-order valence-electron chi connectivity index (χ0n) is 10.7. The summed E-state index contributed by atoms with van der Waals surface area (Å²) >= 11 is 6.03. The van der Waals surface area contributed by atoms with Gasteiger partial charge in [0.05, 0.1) is 5.52 Å². The quantitative estimate of drug-likeness (QED) is 0.546. The van der Waals surface area contributed by atoms with Crippen molar-refractivity contribution in [1.82, 2.24) is 19.5 Å². The Labute approximate surface area is 119 Å². The number of para-hydroxylation sites is 1. The molecule has 0 saturated heterocycles. The minimum atomic E-state index is 0.223. The second-order valence-electron chi connectivity index (χ2n) is 4.65. The Bertz CT molecular complexity index is 937. The van der Waals surface area contributed by atoms with Gasteiger partial charge in [-0.1, -0.05) is 23.2 Å². The normalized spacial score (nSPS) is 11.5. The molecule has 0 aliphatic heterocycles. The van der Waals surface area contributed by atoms with E-state index in [4.69, 9.17) is 11.6 Å². The Morgan fingerprint density at radius 1 is 1.25 bits per heavy atom. The van der Waals surface area contributed by atoms with Crippen molar-refractivity contribution in [2.75, 3.05) is 0 Å². The van der Waals surface area contributed by atoms with E-state index in [0.29, 0.717) is 5.65 Å². The van der Waals surface area contributed by atoms with Crippen LogP contribution in [-0.4, -0.2) is 19.5 Å². The second kappa shape index (κ2) is 4.05. The predicted molar refractivity (Wildman–Crippen MR) is 77.0 cm³/mol. The van der Waals surface area contributed by atoms with Crippen molar-refractivity contribution in [1.29, 1.82) is 0 Å². The fourth-order valence-corrected chi connectivity index (χ4v) is 2.74. The molecule has 0 spiro atoms. The van der Waals surface area contributed by atoms with Crippen molar-refractivity contribution in [2.24, 2.45) is 0 Å². The van der Waals surface area contributed by atoms with Crippen molar-refractivity contribution in [3.63, 3.8) is 0 Å². The Balaban J connectivity index is 2.16. The van der Waals surface area contributed by atoms with Gasteiger partial charge in [-0.25, -0.2) is 4.98 Å². The van der Waals surface area contributed by atoms with Gasteiger partial charge >= 0.3 is 10.9 Å². The maximum atomic E-state index is 6.03. The van der Waals surface area contributed by atoms with Crippen LogP contribution in [0.4, 0.5) is 0 Å². The van der Waals surface area contributed by atoms with E-state index in [2.05, 4.69) is 49.6 Å². The summed E-state index contributed by atoms with van der Waals surface area (Å²) < 4.78 is 2.08. The molecule has 3 aromatic heterocycles. The van der Waals surface area contributed by atoms with Gasteiger partial charge in [-0.2, -0.15) is 4.98 Å². The summed E-state index contributed by atoms with van der Waals surface area (Å²) in [5, 5.41) is 1.39. The van der Waals surface area contributed by atoms with E-state index in [1.165, 1.54) is 5.39 Å². The van der Waals surface area contributed by atoms with Gasteiger partial charge in [0.1, 0.15) is 0 Å². The van der Waals surface area contributed by atoms with Crippen LogP contribution in [0, 0.1) is 6.92 Å². The Kier molecular flexibility index (Phi) is 2.31. The minimum Gasteiger partial charge on any atom is -0.295 e. The number of fused-ring (bicyclic) bond motifs is 2. The number of nitrogens with one attached hydrogen (secondary N) is 2. The standard InChI is InChI=1S/C14H10ClN5/c1-8-6-9-4-2-3-5-10(9)20(8)13-11-12(17-7-16-11)18-14(15)19-13/h2-7H,1H3,(H,16,17,18,19)/p+1. The summed E-state index contributed by atoms with van der Waals surface area (Å²) in [6.45, 7) is 2.05. The number of aryl methyl sites for hydroxylation is 1. The van der Waals surface area contributed by atoms with Crippen LogP contribution in [0.5, 0.6) is 0 Å². The highest BCUT2D eigenvalue weighted by molar-refractivity contribution is 6.28. The van der Waals surface area contributed by atoms with Gasteiger partial charge in [-0.3, -0.25) is 9.55 Å². The van der Waals surface area contributed by atoms with Crippen molar-refractivity contribution < 1.29 is 4.98 Å². The lowest BCUT2D eigenvalue weighted by Gasteiger charge is -2.06. The van der Waals surface area contributed by atoms with Gasteiger partial charge in [0.2, 0.25) is 5.52 Å². The highest BCUT2D eigenvalue weighted by atomic mass is 35.5. The Morgan fingerprint density at radius 2 is 2.10 bits per heavy atom. The first kappa shape index (κ1) is 11.4. The number of halogens is 1. The first-order chi connectivity index (χ1) is 9.74. The lowest BCUT2D eigenvalue weighted by molar-refractivity contribution is -0.347. The summed E-state index contributed by atoms with van der Waals surface area (Å²) in [5.41, 5.74) is 3.71. The molecular formula is C14H11ClN5+. The van der Waals surface area contributed by atoms with Gasteiger partial charge in [-0.15, -0.1) is 0 Å². The Hall–Kier alpha value is -2.40. The number of benzene rings is 1. The molecule has 4 aromatic rings. The van der Waals surface area contributed by atoms with Crippen molar-refractivity contribution in [3.05, 3.63) is 47.6 Å². The fraction of sp³-hybridized carbons (Fsp3) is 0.0714. The van der Waals surface area contributed by atoms with Crippen LogP contribution in [0.25, 0.3) is 27.9 Å². The molecule has 4 rings (SSSR count). The molecular weight excluding hydrogens is 274 g/mol. The first-order valence-corrected chi connectivity index (χ1v) is 6.61. The smallest absolute Gasteiger partial charge is 0.295 e. The van der Waals surface area contributed by atoms with Gasteiger partial charge in [0.15, 0.2) is 12.1 Å². The molecule has 5 nitrogen and oxygen atoms in total. The van der Waals surface area contributed by atoms with E-state index in [1.54, 1.807) is 6.33 Å². The number of nitrogens with zero attached hydrogens (tertiary/aromatic N) is 3. The third-order valence-electron chi connectivity index (χ3n) is 3.39. The van der Waals surface area contributed by atoms with Crippen molar-refractivity contribution >= 4 is 33.7 Å². The number of aromatic amines is 2. The second-order valence-corrected chi connectivity index (χ2v) is 4.99. The summed E-state index contributed by atoms with van der Waals surface area (Å²) in [6.07, 6.45) is 1.72. The molecule has 20 heavy (non-hydrogen) atoms. The molecule has 0 fully saturated rings. The molecule has 0 unspecified atom stereocenters. The number of imidazole rings is 1. The van der Waals surface area contributed by atoms with Crippen LogP contribution in [-0.2, 0) is 0 Å². The number of hydrogen-bond donors (Lipinski definition) is 1. The summed E-state index contributed by atoms with van der Waals surface area (Å²) in [7, 11) is 0. The first-order valence-electron chi connectivity index (χ1n) is 6.24. The topological polar surface area (TPSA) is 60.6 Å². The van der Waals surface area contributed by atoms with Crippen LogP contribution in [0.15, 0.2) is 36.7 Å². The largest absolute Gasteiger partial charge is 0.306 e. The van der Waals surface area contributed by atoms with E-state index < -0.39 is 0 Å². The van der Waals surface area contributed by atoms with Gasteiger partial charge in [0, 0.05) is 11.1 Å². The molecule has 1 aromatic carbocycles. The SMILES string of the molecule is Cc1cc2ccccc2n1-c1nc(Cl)nc2[nH+]c[nH]c12.